The first-order chi connectivity index (χ1) is 48.7. The number of carbonyl (C=O) groups excluding carboxylic acids is 7. The second kappa shape index (κ2) is 42.6. The van der Waals surface area contributed by atoms with Gasteiger partial charge in [0.1, 0.15) is 18.1 Å². The zero-order chi connectivity index (χ0) is 82.2. The topological polar surface area (TPSA) is 385 Å². The van der Waals surface area contributed by atoms with Gasteiger partial charge in [0.05, 0.1) is 40.2 Å². The number of likely N-dealkylation sites (tertiary alicyclic amines) is 3. The third kappa shape index (κ3) is 31.7. The van der Waals surface area contributed by atoms with E-state index in [2.05, 4.69) is 41.2 Å². The molecule has 33 heteroatoms. The Hall–Kier alpha value is -4.98. The van der Waals surface area contributed by atoms with E-state index in [1.54, 1.807) is 97.8 Å². The summed E-state index contributed by atoms with van der Waals surface area (Å²) in [5.41, 5.74) is -6.20. The number of urea groups is 3. The summed E-state index contributed by atoms with van der Waals surface area (Å²) in [6.45, 7) is 40.9. The van der Waals surface area contributed by atoms with E-state index >= 15 is 0 Å². The van der Waals surface area contributed by atoms with Gasteiger partial charge in [0.25, 0.3) is 0 Å². The summed E-state index contributed by atoms with van der Waals surface area (Å²) in [6, 6.07) is 17.4. The van der Waals surface area contributed by atoms with E-state index in [-0.39, 0.29) is 103 Å². The smallest absolute Gasteiger partial charge is 0.466 e. The first-order valence-corrected chi connectivity index (χ1v) is 41.2. The van der Waals surface area contributed by atoms with Crippen LogP contribution < -0.4 is 31.9 Å². The molecule has 9 amide bonds. The van der Waals surface area contributed by atoms with Crippen molar-refractivity contribution in [3.63, 3.8) is 0 Å². The van der Waals surface area contributed by atoms with Crippen molar-refractivity contribution >= 4 is 91.8 Å². The zero-order valence-electron chi connectivity index (χ0n) is 67.9. The number of nitrogens with zero attached hydrogens (tertiary/aromatic N) is 3. The number of hydrogen-bond acceptors (Lipinski definition) is 16. The van der Waals surface area contributed by atoms with Gasteiger partial charge < -0.3 is 93.5 Å². The molecule has 6 atom stereocenters. The van der Waals surface area contributed by atoms with Gasteiger partial charge in [0, 0.05) is 131 Å². The molecule has 27 nitrogen and oxygen atoms in total. The average molecular weight is 1740 g/mol. The minimum atomic E-state index is -4.73. The first-order valence-electron chi connectivity index (χ1n) is 36.0. The van der Waals surface area contributed by atoms with Crippen LogP contribution in [0.4, 0.5) is 14.4 Å². The largest absolute Gasteiger partial charge is 0.470 e. The second-order valence-corrected chi connectivity index (χ2v) is 38.3. The molecule has 12 N–H and O–H groups in total. The van der Waals surface area contributed by atoms with Crippen molar-refractivity contribution in [2.75, 3.05) is 78.8 Å². The van der Waals surface area contributed by atoms with Crippen LogP contribution in [0.5, 0.6) is 0 Å². The zero-order valence-corrected chi connectivity index (χ0v) is 73.5. The van der Waals surface area contributed by atoms with E-state index < -0.39 is 101 Å². The number of ether oxygens (including phenoxy) is 1. The van der Waals surface area contributed by atoms with Gasteiger partial charge in [-0.1, -0.05) is 162 Å². The molecule has 632 valence electrons. The number of aliphatic hydroxyl groups is 4. The second-order valence-electron chi connectivity index (χ2n) is 33.1. The van der Waals surface area contributed by atoms with E-state index in [0.29, 0.717) is 73.7 Å². The predicted octanol–water partition coefficient (Wildman–Crippen LogP) is 12.0. The van der Waals surface area contributed by atoms with Gasteiger partial charge >= 0.3 is 31.9 Å². The summed E-state index contributed by atoms with van der Waals surface area (Å²) in [4.78, 5) is 110. The number of halogens is 3. The van der Waals surface area contributed by atoms with Crippen molar-refractivity contribution in [3.05, 3.63) is 112 Å². The Bertz CT molecular complexity index is 3420. The Morgan fingerprint density at radius 1 is 0.500 bits per heavy atom. The van der Waals surface area contributed by atoms with Crippen molar-refractivity contribution in [2.24, 2.45) is 34.0 Å². The van der Waals surface area contributed by atoms with Crippen molar-refractivity contribution in [3.8, 4) is 0 Å². The van der Waals surface area contributed by atoms with E-state index in [1.165, 1.54) is 34.1 Å². The van der Waals surface area contributed by atoms with E-state index in [4.69, 9.17) is 49.1 Å². The molecule has 3 saturated heterocycles. The van der Waals surface area contributed by atoms with Gasteiger partial charge in [-0.2, -0.15) is 0 Å². The number of rotatable bonds is 23. The quantitative estimate of drug-likeness (QED) is 0.0182. The fraction of sp³-hybridized carbons (Fsp3) is 0.662. The molecule has 6 rings (SSSR count). The van der Waals surface area contributed by atoms with Crippen molar-refractivity contribution < 1.29 is 107 Å². The van der Waals surface area contributed by atoms with E-state index in [9.17, 15) is 63.1 Å². The molecule has 3 aromatic rings. The van der Waals surface area contributed by atoms with Crippen LogP contribution in [0.2, 0.25) is 15.1 Å². The van der Waals surface area contributed by atoms with Crippen LogP contribution in [-0.4, -0.2) is 200 Å². The Kier molecular flexibility index (Phi) is 40.7. The standard InChI is InChI=1S/C25H41ClN3O5P.C23H37ClN3O7P.C23H36ClN3O4.C4H8O2.CH4.CH3.Pd/c1-17(2)20(28-22(31)27-15-24(5,6)34-35(7,8)33)21(30)29-14-13-25(32,23(3,4)16-29)18-9-11-19(26)12-10-18;1-15(2)18(26-20(29)25-13-22(5,6)34-35(31,32)33)19(28)27-12-11-23(30,21(3,4)14-27)16-7-9-17(24)10-8-16;1-15(2)18(26-20(29)25-13-22(5,6)30)19(28)27-12-11-23(31,21(3,4)14-27)16-7-9-17(24)10-8-16;1-3-6-4(2)5;;;/h9-12,17,20,32H,13-16H2,1-8H3,(H2,27,28,31);7-10,15,18,30H,11-14H2,1-6H3,(H2,25,26,29)(H2,31,32,33);7-10,15,18,30-31H,11-14H2,1-6H3,(H2,25,26,29);3H2,1-2H3;1H4;1H3;/q;;;;;-1;/t20-,25+;2*18-,23+;;;;/m111..../s1. The first kappa shape index (κ1) is 105. The number of benzene rings is 3. The molecular weight excluding hydrogens is 1610 g/mol. The van der Waals surface area contributed by atoms with Gasteiger partial charge in [0.15, 0.2) is 7.37 Å². The molecule has 0 unspecified atom stereocenters. The molecule has 0 bridgehead atoms. The normalized spacial score (nSPS) is 20.4. The van der Waals surface area contributed by atoms with Gasteiger partial charge in [-0.25, -0.2) is 18.9 Å². The van der Waals surface area contributed by atoms with Gasteiger partial charge in [-0.15, -0.1) is 0 Å². The summed E-state index contributed by atoms with van der Waals surface area (Å²) in [5, 5.41) is 62.3. The number of amides is 9. The fourth-order valence-corrected chi connectivity index (χ4v) is 15.4. The summed E-state index contributed by atoms with van der Waals surface area (Å²) in [6.07, 6.45) is 1.06. The minimum absolute atomic E-state index is 0. The molecule has 0 saturated carbocycles. The number of hydrogen-bond donors (Lipinski definition) is 12. The number of piperidine rings is 3. The maximum Gasteiger partial charge on any atom is 0.470 e. The number of phosphoric ester groups is 1. The van der Waals surface area contributed by atoms with Gasteiger partial charge in [-0.05, 0) is 139 Å². The molecule has 3 aliphatic rings. The molecule has 3 fully saturated rings. The molecule has 3 aromatic carbocycles. The number of carbonyl (C=O) groups is 7. The Labute approximate surface area is 683 Å². The summed E-state index contributed by atoms with van der Waals surface area (Å²) in [7, 11) is -7.46. The van der Waals surface area contributed by atoms with Crippen LogP contribution in [0.1, 0.15) is 182 Å². The molecular formula is C77H129Cl3N9O18P2Pd-. The summed E-state index contributed by atoms with van der Waals surface area (Å²) >= 11 is 18.0. The number of esters is 1. The molecule has 0 spiro atoms. The summed E-state index contributed by atoms with van der Waals surface area (Å²) in [5.74, 6) is -1.36. The van der Waals surface area contributed by atoms with Crippen molar-refractivity contribution in [1.82, 2.24) is 46.6 Å². The molecule has 0 radical (unpaired) electrons. The number of phosphoric acid groups is 1. The molecule has 0 aromatic heterocycles. The monoisotopic (exact) mass is 1740 g/mol. The van der Waals surface area contributed by atoms with Crippen LogP contribution in [0.25, 0.3) is 0 Å². The SMILES string of the molecule is C.CC(C)[C@@H](NC(=O)NCC(C)(C)O)C(=O)N1CC[C@](O)(c2ccc(Cl)cc2)C(C)(C)C1.CC(C)[C@@H](NC(=O)NCC(C)(C)OP(=O)(O)O)C(=O)N1CC[C@](O)(c2ccc(Cl)cc2)C(C)(C)C1.CC(C)[C@@H](NC(=O)NCC(C)(C)OP(C)(C)=O)C(=O)N1CC[C@](O)(c2ccc(Cl)cc2)C(C)(C)C1.CCOC(C)=O.[CH3-].[Pd]. The summed E-state index contributed by atoms with van der Waals surface area (Å²) < 4.78 is 37.7. The van der Waals surface area contributed by atoms with Crippen LogP contribution in [0.3, 0.4) is 0 Å². The van der Waals surface area contributed by atoms with Crippen LogP contribution >= 0.6 is 50.0 Å². The minimum Gasteiger partial charge on any atom is -0.466 e. The Balaban J connectivity index is 0.00000154. The Morgan fingerprint density at radius 3 is 0.936 bits per heavy atom. The third-order valence-electron chi connectivity index (χ3n) is 19.1. The van der Waals surface area contributed by atoms with Gasteiger partial charge in [0.2, 0.25) is 17.7 Å². The van der Waals surface area contributed by atoms with Crippen LogP contribution in [-0.2, 0) is 79.3 Å². The van der Waals surface area contributed by atoms with E-state index in [0.717, 1.165) is 16.7 Å². The van der Waals surface area contributed by atoms with Crippen LogP contribution in [0.15, 0.2) is 72.8 Å². The van der Waals surface area contributed by atoms with E-state index in [1.807, 2.05) is 107 Å². The number of nitrogens with one attached hydrogen (secondary N) is 6. The third-order valence-corrected chi connectivity index (χ3v) is 21.5. The molecule has 110 heavy (non-hydrogen) atoms. The molecule has 0 aliphatic carbocycles. The van der Waals surface area contributed by atoms with Gasteiger partial charge in [-0.3, -0.25) is 28.3 Å². The van der Waals surface area contributed by atoms with Crippen molar-refractivity contribution in [1.29, 1.82) is 0 Å². The maximum absolute atomic E-state index is 13.5. The van der Waals surface area contributed by atoms with Crippen LogP contribution in [0, 0.1) is 41.4 Å². The molecule has 3 aliphatic heterocycles. The van der Waals surface area contributed by atoms with Crippen molar-refractivity contribution in [2.45, 2.75) is 217 Å². The molecule has 3 heterocycles. The predicted molar refractivity (Wildman–Crippen MR) is 430 cm³/mol. The average Bonchev–Trinajstić information content (AvgIpc) is 0.762. The fourth-order valence-electron chi connectivity index (χ4n) is 13.1. The Morgan fingerprint density at radius 2 is 0.745 bits per heavy atom. The maximum atomic E-state index is 13.5.